The van der Waals surface area contributed by atoms with Gasteiger partial charge in [0.2, 0.25) is 10.8 Å². The molecular formula is C23H25N3O3S. The molecule has 2 fully saturated rings. The van der Waals surface area contributed by atoms with E-state index >= 15 is 0 Å². The Bertz CT molecular complexity index is 1000. The van der Waals surface area contributed by atoms with E-state index in [4.69, 9.17) is 4.74 Å². The highest BCUT2D eigenvalue weighted by atomic mass is 32.2. The van der Waals surface area contributed by atoms with Gasteiger partial charge in [0, 0.05) is 24.3 Å². The molecule has 5 rings (SSSR count). The molecule has 6 nitrogen and oxygen atoms in total. The van der Waals surface area contributed by atoms with E-state index in [1.54, 1.807) is 4.90 Å². The number of benzene rings is 2. The van der Waals surface area contributed by atoms with Crippen LogP contribution in [0, 0.1) is 13.8 Å². The Hall–Kier alpha value is -2.35. The molecule has 2 amide bonds. The second-order valence-corrected chi connectivity index (χ2v) is 9.30. The van der Waals surface area contributed by atoms with Gasteiger partial charge in [-0.3, -0.25) is 24.3 Å². The first-order valence-electron chi connectivity index (χ1n) is 10.3. The summed E-state index contributed by atoms with van der Waals surface area (Å²) in [6, 6.07) is 14.0. The number of anilines is 2. The van der Waals surface area contributed by atoms with E-state index in [9.17, 15) is 9.59 Å². The molecule has 2 saturated heterocycles. The first-order valence-corrected chi connectivity index (χ1v) is 11.3. The van der Waals surface area contributed by atoms with Crippen molar-refractivity contribution in [1.82, 2.24) is 4.90 Å². The number of carbonyl (C=O) groups is 2. The molecule has 2 aromatic rings. The molecule has 3 aliphatic rings. The zero-order valence-corrected chi connectivity index (χ0v) is 18.1. The average Bonchev–Trinajstić information content (AvgIpc) is 3.19. The van der Waals surface area contributed by atoms with Crippen molar-refractivity contribution in [1.29, 1.82) is 0 Å². The molecular weight excluding hydrogens is 398 g/mol. The molecule has 0 aliphatic carbocycles. The fourth-order valence-corrected chi connectivity index (χ4v) is 6.08. The lowest BCUT2D eigenvalue weighted by Gasteiger charge is -2.35. The lowest BCUT2D eigenvalue weighted by Crippen LogP contribution is -2.52. The summed E-state index contributed by atoms with van der Waals surface area (Å²) in [4.78, 5) is 31.9. The maximum Gasteiger partial charge on any atom is 0.269 e. The largest absolute Gasteiger partial charge is 0.379 e. The molecule has 0 saturated carbocycles. The van der Waals surface area contributed by atoms with Crippen LogP contribution >= 0.6 is 11.8 Å². The Labute approximate surface area is 180 Å². The van der Waals surface area contributed by atoms with Gasteiger partial charge in [-0.1, -0.05) is 24.3 Å². The summed E-state index contributed by atoms with van der Waals surface area (Å²) >= 11 is 1.43. The molecule has 1 spiro atoms. The van der Waals surface area contributed by atoms with Crippen LogP contribution < -0.4 is 9.80 Å². The van der Waals surface area contributed by atoms with E-state index in [0.29, 0.717) is 25.6 Å². The van der Waals surface area contributed by atoms with E-state index in [1.807, 2.05) is 55.1 Å². The maximum atomic E-state index is 14.0. The second-order valence-electron chi connectivity index (χ2n) is 8.13. The lowest BCUT2D eigenvalue weighted by atomic mass is 10.0. The van der Waals surface area contributed by atoms with Crippen molar-refractivity contribution >= 4 is 35.0 Å². The summed E-state index contributed by atoms with van der Waals surface area (Å²) in [5, 5.41) is 0. The van der Waals surface area contributed by atoms with Crippen LogP contribution in [0.25, 0.3) is 0 Å². The highest BCUT2D eigenvalue weighted by Gasteiger charge is 2.61. The minimum Gasteiger partial charge on any atom is -0.379 e. The molecule has 0 N–H and O–H groups in total. The molecule has 3 aliphatic heterocycles. The first kappa shape index (κ1) is 19.6. The number of hydrogen-bond acceptors (Lipinski definition) is 5. The van der Waals surface area contributed by atoms with Crippen molar-refractivity contribution in [2.75, 3.05) is 48.5 Å². The van der Waals surface area contributed by atoms with Gasteiger partial charge in [-0.2, -0.15) is 0 Å². The van der Waals surface area contributed by atoms with E-state index in [-0.39, 0.29) is 11.8 Å². The van der Waals surface area contributed by atoms with Gasteiger partial charge in [-0.05, 0) is 43.2 Å². The van der Waals surface area contributed by atoms with E-state index in [0.717, 1.165) is 41.2 Å². The molecule has 0 radical (unpaired) electrons. The third-order valence-corrected chi connectivity index (χ3v) is 7.36. The Morgan fingerprint density at radius 3 is 2.47 bits per heavy atom. The summed E-state index contributed by atoms with van der Waals surface area (Å²) < 4.78 is 5.46. The van der Waals surface area contributed by atoms with Crippen LogP contribution in [0.5, 0.6) is 0 Å². The number of fused-ring (bicyclic) bond motifs is 2. The number of para-hydroxylation sites is 1. The van der Waals surface area contributed by atoms with Crippen LogP contribution in [0.15, 0.2) is 42.5 Å². The summed E-state index contributed by atoms with van der Waals surface area (Å²) in [5.74, 6) is 0.227. The number of rotatable bonds is 3. The SMILES string of the molecule is Cc1cc(C)cc(N2C(=O)CSC23C(=O)N(CN2CCOCC2)c2ccccc23)c1. The number of thioether (sulfide) groups is 1. The molecule has 30 heavy (non-hydrogen) atoms. The Morgan fingerprint density at radius 1 is 1.03 bits per heavy atom. The van der Waals surface area contributed by atoms with Gasteiger partial charge >= 0.3 is 0 Å². The average molecular weight is 424 g/mol. The highest BCUT2D eigenvalue weighted by Crippen LogP contribution is 2.55. The smallest absolute Gasteiger partial charge is 0.269 e. The molecule has 0 bridgehead atoms. The maximum absolute atomic E-state index is 14.0. The molecule has 7 heteroatoms. The zero-order valence-electron chi connectivity index (χ0n) is 17.3. The number of ether oxygens (including phenoxy) is 1. The van der Waals surface area contributed by atoms with Gasteiger partial charge in [-0.15, -0.1) is 11.8 Å². The number of amides is 2. The molecule has 2 aromatic carbocycles. The predicted molar refractivity (Wildman–Crippen MR) is 119 cm³/mol. The summed E-state index contributed by atoms with van der Waals surface area (Å²) in [7, 11) is 0. The van der Waals surface area contributed by atoms with E-state index in [2.05, 4.69) is 11.0 Å². The summed E-state index contributed by atoms with van der Waals surface area (Å²) in [6.07, 6.45) is 0. The van der Waals surface area contributed by atoms with Crippen molar-refractivity contribution in [3.05, 3.63) is 59.2 Å². The van der Waals surface area contributed by atoms with E-state index < -0.39 is 4.87 Å². The molecule has 3 heterocycles. The van der Waals surface area contributed by atoms with Gasteiger partial charge in [0.1, 0.15) is 0 Å². The topological polar surface area (TPSA) is 53.1 Å². The van der Waals surface area contributed by atoms with Crippen molar-refractivity contribution in [3.8, 4) is 0 Å². The molecule has 1 atom stereocenters. The van der Waals surface area contributed by atoms with Gasteiger partial charge in [0.05, 0.1) is 31.3 Å². The van der Waals surface area contributed by atoms with Crippen LogP contribution in [-0.2, 0) is 19.2 Å². The van der Waals surface area contributed by atoms with Crippen LogP contribution in [0.2, 0.25) is 0 Å². The van der Waals surface area contributed by atoms with Crippen LogP contribution in [-0.4, -0.2) is 55.4 Å². The molecule has 0 aromatic heterocycles. The summed E-state index contributed by atoms with van der Waals surface area (Å²) in [6.45, 7) is 7.50. The molecule has 1 unspecified atom stereocenters. The van der Waals surface area contributed by atoms with Gasteiger partial charge in [-0.25, -0.2) is 0 Å². The Morgan fingerprint density at radius 2 is 1.73 bits per heavy atom. The number of hydrogen-bond donors (Lipinski definition) is 0. The number of morpholine rings is 1. The quantitative estimate of drug-likeness (QED) is 0.760. The monoisotopic (exact) mass is 423 g/mol. The van der Waals surface area contributed by atoms with Crippen molar-refractivity contribution in [3.63, 3.8) is 0 Å². The zero-order chi connectivity index (χ0) is 20.9. The Balaban J connectivity index is 1.61. The lowest BCUT2D eigenvalue weighted by molar-refractivity contribution is -0.124. The van der Waals surface area contributed by atoms with Gasteiger partial charge < -0.3 is 4.74 Å². The second kappa shape index (κ2) is 7.41. The fraction of sp³-hybridized carbons (Fsp3) is 0.391. The van der Waals surface area contributed by atoms with Crippen molar-refractivity contribution < 1.29 is 14.3 Å². The standard InChI is InChI=1S/C23H25N3O3S/c1-16-11-17(2)13-18(12-16)26-21(27)14-30-23(26)19-5-3-4-6-20(19)25(22(23)28)15-24-7-9-29-10-8-24/h3-6,11-13H,7-10,14-15H2,1-2H3. The van der Waals surface area contributed by atoms with Gasteiger partial charge in [0.15, 0.2) is 0 Å². The van der Waals surface area contributed by atoms with Crippen LogP contribution in [0.1, 0.15) is 16.7 Å². The summed E-state index contributed by atoms with van der Waals surface area (Å²) in [5.41, 5.74) is 4.74. The number of nitrogens with zero attached hydrogens (tertiary/aromatic N) is 3. The molecule has 156 valence electrons. The van der Waals surface area contributed by atoms with Crippen molar-refractivity contribution in [2.45, 2.75) is 18.7 Å². The van der Waals surface area contributed by atoms with Crippen molar-refractivity contribution in [2.24, 2.45) is 0 Å². The third kappa shape index (κ3) is 2.95. The minimum atomic E-state index is -1.04. The normalized spacial score (nSPS) is 24.2. The van der Waals surface area contributed by atoms with Gasteiger partial charge in [0.25, 0.3) is 5.91 Å². The third-order valence-electron chi connectivity index (χ3n) is 5.97. The number of aryl methyl sites for hydroxylation is 2. The first-order chi connectivity index (χ1) is 14.5. The Kier molecular flexibility index (Phi) is 4.84. The van der Waals surface area contributed by atoms with Crippen LogP contribution in [0.4, 0.5) is 11.4 Å². The fourth-order valence-electron chi connectivity index (χ4n) is 4.72. The number of carbonyl (C=O) groups excluding carboxylic acids is 2. The predicted octanol–water partition coefficient (Wildman–Crippen LogP) is 2.87. The minimum absolute atomic E-state index is 0.0265. The van der Waals surface area contributed by atoms with Crippen LogP contribution in [0.3, 0.4) is 0 Å². The van der Waals surface area contributed by atoms with E-state index in [1.165, 1.54) is 11.8 Å². The highest BCUT2D eigenvalue weighted by molar-refractivity contribution is 8.02.